The molecule has 0 saturated carbocycles. The van der Waals surface area contributed by atoms with Gasteiger partial charge in [-0.15, -0.1) is 11.3 Å². The van der Waals surface area contributed by atoms with E-state index in [9.17, 15) is 19.2 Å². The third-order valence-electron chi connectivity index (χ3n) is 5.13. The summed E-state index contributed by atoms with van der Waals surface area (Å²) in [6, 6.07) is 7.73. The van der Waals surface area contributed by atoms with Crippen LogP contribution in [-0.2, 0) is 23.0 Å². The van der Waals surface area contributed by atoms with Crippen LogP contribution in [0.5, 0.6) is 0 Å². The highest BCUT2D eigenvalue weighted by Gasteiger charge is 2.24. The van der Waals surface area contributed by atoms with Crippen molar-refractivity contribution >= 4 is 28.3 Å². The first-order valence-electron chi connectivity index (χ1n) is 9.86. The number of rotatable bonds is 5. The monoisotopic (exact) mass is 444 g/mol. The number of ether oxygens (including phenoxy) is 1. The Bertz CT molecular complexity index is 1200. The first-order chi connectivity index (χ1) is 15.0. The lowest BCUT2D eigenvalue weighted by Gasteiger charge is -2.17. The maximum Gasteiger partial charge on any atom is 0.419 e. The van der Waals surface area contributed by atoms with Crippen LogP contribution < -0.4 is 16.4 Å². The number of carbonyl (C=O) groups is 1. The number of aromatic nitrogens is 1. The van der Waals surface area contributed by atoms with Crippen molar-refractivity contribution in [3.05, 3.63) is 45.5 Å². The van der Waals surface area contributed by atoms with E-state index in [1.54, 1.807) is 25.2 Å². The summed E-state index contributed by atoms with van der Waals surface area (Å²) in [4.78, 5) is 25.1. The molecule has 31 heavy (non-hydrogen) atoms. The van der Waals surface area contributed by atoms with Crippen molar-refractivity contribution in [3.8, 4) is 16.5 Å². The summed E-state index contributed by atoms with van der Waals surface area (Å²) in [5.41, 5.74) is 1.79. The third kappa shape index (κ3) is 4.54. The lowest BCUT2D eigenvalue weighted by atomic mass is 10.1. The van der Waals surface area contributed by atoms with E-state index in [0.29, 0.717) is 34.0 Å². The molecule has 0 aliphatic carbocycles. The molecule has 2 N–H and O–H groups in total. The summed E-state index contributed by atoms with van der Waals surface area (Å²) >= 11 is 1.20. The number of carbonyl (C=O) groups excluding carboxylic acids is 1. The second-order valence-corrected chi connectivity index (χ2v) is 8.44. The lowest BCUT2D eigenvalue weighted by Crippen LogP contribution is -2.46. The molecule has 1 amide bonds. The first kappa shape index (κ1) is 21.2. The molecule has 1 aromatic carbocycles. The quantitative estimate of drug-likeness (QED) is 0.622. The molecule has 1 aliphatic heterocycles. The average Bonchev–Trinajstić information content (AvgIpc) is 3.11. The Labute approximate surface area is 181 Å². The van der Waals surface area contributed by atoms with Gasteiger partial charge in [0.05, 0.1) is 11.6 Å². The van der Waals surface area contributed by atoms with Crippen LogP contribution in [0.25, 0.3) is 21.5 Å². The Kier molecular flexibility index (Phi) is 6.18. The van der Waals surface area contributed by atoms with Gasteiger partial charge < -0.3 is 19.8 Å². The molecule has 1 saturated heterocycles. The van der Waals surface area contributed by atoms with E-state index in [0.717, 1.165) is 18.5 Å². The van der Waals surface area contributed by atoms with E-state index in [-0.39, 0.29) is 12.3 Å². The average molecular weight is 444 g/mol. The molecule has 1 aliphatic rings. The molecule has 0 radical (unpaired) electrons. The highest BCUT2D eigenvalue weighted by atomic mass is 32.1. The van der Waals surface area contributed by atoms with Gasteiger partial charge in [-0.05, 0) is 42.8 Å². The van der Waals surface area contributed by atoms with Crippen molar-refractivity contribution in [2.75, 3.05) is 19.7 Å². The fourth-order valence-electron chi connectivity index (χ4n) is 3.43. The number of halogens is 1. The van der Waals surface area contributed by atoms with Crippen molar-refractivity contribution in [2.45, 2.75) is 25.0 Å². The Hall–Kier alpha value is -3.00. The van der Waals surface area contributed by atoms with Gasteiger partial charge in [0.25, 0.3) is 5.91 Å². The molecule has 2 atom stereocenters. The molecular formula is C21H21FN4O4S. The molecule has 2 aromatic heterocycles. The number of nitrogens with zero attached hydrogens (tertiary/aromatic N) is 2. The van der Waals surface area contributed by atoms with Crippen LogP contribution in [0.4, 0.5) is 4.39 Å². The van der Waals surface area contributed by atoms with Crippen LogP contribution in [0, 0.1) is 17.1 Å². The van der Waals surface area contributed by atoms with E-state index in [1.165, 1.54) is 22.0 Å². The molecule has 1 fully saturated rings. The Balaban J connectivity index is 1.50. The van der Waals surface area contributed by atoms with Crippen molar-refractivity contribution in [1.29, 1.82) is 5.26 Å². The molecule has 0 bridgehead atoms. The molecule has 4 rings (SSSR count). The van der Waals surface area contributed by atoms with E-state index in [2.05, 4.69) is 10.6 Å². The third-order valence-corrected chi connectivity index (χ3v) is 6.32. The van der Waals surface area contributed by atoms with Crippen LogP contribution in [0.15, 0.2) is 33.5 Å². The van der Waals surface area contributed by atoms with E-state index in [1.807, 2.05) is 6.07 Å². The van der Waals surface area contributed by atoms with E-state index in [4.69, 9.17) is 9.15 Å². The standard InChI is InChI=1S/C21H21FN4O4S/c1-26-15-7-12(3-4-16(15)30-21(26)28)18-9-14(22)19(31-18)8-13(10-23)25-20(27)17-11-24-5-2-6-29-17/h3-4,7,9,13,17,24H,2,5-6,8,11H2,1H3,(H,25,27). The topological polar surface area (TPSA) is 109 Å². The number of nitrogens with one attached hydrogen (secondary N) is 2. The molecule has 0 spiro atoms. The van der Waals surface area contributed by atoms with Gasteiger partial charge in [-0.1, -0.05) is 0 Å². The van der Waals surface area contributed by atoms with Gasteiger partial charge in [-0.25, -0.2) is 9.18 Å². The number of fused-ring (bicyclic) bond motifs is 1. The van der Waals surface area contributed by atoms with Gasteiger partial charge in [0.2, 0.25) is 0 Å². The SMILES string of the molecule is Cn1c(=O)oc2ccc(-c3cc(F)c(CC(C#N)NC(=O)C4CNCCCO4)s3)cc21. The fourth-order valence-corrected chi connectivity index (χ4v) is 4.51. The predicted molar refractivity (Wildman–Crippen MR) is 113 cm³/mol. The number of thiophene rings is 1. The van der Waals surface area contributed by atoms with Crippen molar-refractivity contribution < 1.29 is 18.3 Å². The zero-order valence-corrected chi connectivity index (χ0v) is 17.6. The molecule has 162 valence electrons. The number of hydrogen-bond donors (Lipinski definition) is 2. The maximum atomic E-state index is 14.6. The summed E-state index contributed by atoms with van der Waals surface area (Å²) in [5, 5.41) is 15.2. The summed E-state index contributed by atoms with van der Waals surface area (Å²) in [6.07, 6.45) is 0.189. The molecular weight excluding hydrogens is 423 g/mol. The predicted octanol–water partition coefficient (Wildman–Crippen LogP) is 1.93. The number of aryl methyl sites for hydroxylation is 1. The summed E-state index contributed by atoms with van der Waals surface area (Å²) in [5.74, 6) is -1.29. The molecule has 3 heterocycles. The number of hydrogen-bond acceptors (Lipinski definition) is 7. The van der Waals surface area contributed by atoms with Gasteiger partial charge in [0.1, 0.15) is 18.0 Å². The van der Waals surface area contributed by atoms with Crippen molar-refractivity contribution in [1.82, 2.24) is 15.2 Å². The molecule has 10 heteroatoms. The Morgan fingerprint density at radius 1 is 1.48 bits per heavy atom. The van der Waals surface area contributed by atoms with Crippen molar-refractivity contribution in [2.24, 2.45) is 7.05 Å². The van der Waals surface area contributed by atoms with Gasteiger partial charge in [0.15, 0.2) is 5.58 Å². The minimum absolute atomic E-state index is 0.0470. The van der Waals surface area contributed by atoms with Crippen molar-refractivity contribution in [3.63, 3.8) is 0 Å². The fraction of sp³-hybridized carbons (Fsp3) is 0.381. The normalized spacial score (nSPS) is 17.8. The second kappa shape index (κ2) is 9.01. The second-order valence-electron chi connectivity index (χ2n) is 7.30. The number of benzene rings is 1. The maximum absolute atomic E-state index is 14.6. The van der Waals surface area contributed by atoms with E-state index < -0.39 is 23.7 Å². The van der Waals surface area contributed by atoms with Crippen LogP contribution in [0.1, 0.15) is 11.3 Å². The Morgan fingerprint density at radius 3 is 3.13 bits per heavy atom. The smallest absolute Gasteiger partial charge is 0.408 e. The first-order valence-corrected chi connectivity index (χ1v) is 10.7. The van der Waals surface area contributed by atoms with Gasteiger partial charge in [0, 0.05) is 36.4 Å². The molecule has 2 unspecified atom stereocenters. The van der Waals surface area contributed by atoms with Gasteiger partial charge in [-0.2, -0.15) is 5.26 Å². The highest BCUT2D eigenvalue weighted by Crippen LogP contribution is 2.33. The molecule has 3 aromatic rings. The lowest BCUT2D eigenvalue weighted by molar-refractivity contribution is -0.132. The zero-order chi connectivity index (χ0) is 22.0. The summed E-state index contributed by atoms with van der Waals surface area (Å²) in [7, 11) is 1.60. The highest BCUT2D eigenvalue weighted by molar-refractivity contribution is 7.15. The van der Waals surface area contributed by atoms with E-state index >= 15 is 0 Å². The van der Waals surface area contributed by atoms with Crippen LogP contribution in [0.2, 0.25) is 0 Å². The van der Waals surface area contributed by atoms with Gasteiger partial charge >= 0.3 is 5.76 Å². The number of oxazole rings is 1. The van der Waals surface area contributed by atoms with Gasteiger partial charge in [-0.3, -0.25) is 9.36 Å². The molecule has 8 nitrogen and oxygen atoms in total. The van der Waals surface area contributed by atoms with Crippen LogP contribution in [0.3, 0.4) is 0 Å². The summed E-state index contributed by atoms with van der Waals surface area (Å²) in [6.45, 7) is 1.62. The zero-order valence-electron chi connectivity index (χ0n) is 16.8. The van der Waals surface area contributed by atoms with Crippen LogP contribution in [-0.4, -0.2) is 42.3 Å². The summed E-state index contributed by atoms with van der Waals surface area (Å²) < 4.78 is 26.6. The largest absolute Gasteiger partial charge is 0.419 e. The minimum atomic E-state index is -0.877. The van der Waals surface area contributed by atoms with Crippen LogP contribution >= 0.6 is 11.3 Å². The number of nitriles is 1. The Morgan fingerprint density at radius 2 is 2.32 bits per heavy atom. The number of amides is 1. The minimum Gasteiger partial charge on any atom is -0.408 e.